The number of imidazole rings is 1. The molecule has 0 bridgehead atoms. The van der Waals surface area contributed by atoms with Gasteiger partial charge in [-0.25, -0.2) is 4.98 Å². The van der Waals surface area contributed by atoms with Crippen LogP contribution in [0.3, 0.4) is 0 Å². The summed E-state index contributed by atoms with van der Waals surface area (Å²) in [4.78, 5) is 17.9. The Morgan fingerprint density at radius 2 is 1.34 bits per heavy atom. The van der Waals surface area contributed by atoms with E-state index in [1.807, 2.05) is 85.7 Å². The van der Waals surface area contributed by atoms with Gasteiger partial charge >= 0.3 is 20.1 Å². The van der Waals surface area contributed by atoms with Gasteiger partial charge in [-0.3, -0.25) is 9.37 Å². The molecule has 0 fully saturated rings. The molecule has 0 aliphatic rings. The average molecular weight is 987 g/mol. The normalized spacial score (nSPS) is 11.0. The van der Waals surface area contributed by atoms with Crippen molar-refractivity contribution in [2.75, 3.05) is 0 Å². The van der Waals surface area contributed by atoms with Gasteiger partial charge in [-0.15, -0.1) is 83.4 Å². The quantitative estimate of drug-likeness (QED) is 0.128. The van der Waals surface area contributed by atoms with Crippen molar-refractivity contribution in [2.24, 2.45) is 7.05 Å². The van der Waals surface area contributed by atoms with Crippen molar-refractivity contribution in [2.45, 2.75) is 32.6 Å². The molecule has 0 spiro atoms. The van der Waals surface area contributed by atoms with Crippen LogP contribution in [0, 0.1) is 30.9 Å². The number of hydrogen-bond donors (Lipinski definition) is 0. The second-order valence-corrected chi connectivity index (χ2v) is 15.1. The minimum absolute atomic E-state index is 0. The molecule has 0 radical (unpaired) electrons. The van der Waals surface area contributed by atoms with E-state index in [1.165, 1.54) is 45.5 Å². The first-order chi connectivity index (χ1) is 29.9. The largest absolute Gasteiger partial charge is 3.00 e. The van der Waals surface area contributed by atoms with Crippen LogP contribution in [0.2, 0.25) is 0 Å². The number of aryl methyl sites for hydroxylation is 6. The Morgan fingerprint density at radius 3 is 2.02 bits per heavy atom. The second kappa shape index (κ2) is 19.2. The minimum Gasteiger partial charge on any atom is -0.486 e. The van der Waals surface area contributed by atoms with E-state index in [4.69, 9.17) is 4.42 Å². The number of furan rings is 1. The molecule has 6 nitrogen and oxygen atoms in total. The Hall–Kier alpha value is -6.86. The van der Waals surface area contributed by atoms with Crippen LogP contribution in [-0.2, 0) is 52.8 Å². The van der Waals surface area contributed by atoms with Crippen molar-refractivity contribution in [3.63, 3.8) is 0 Å². The Bertz CT molecular complexity index is 3040. The number of fused-ring (bicyclic) bond motifs is 3. The van der Waals surface area contributed by atoms with Crippen molar-refractivity contribution in [1.82, 2.24) is 24.5 Å². The summed E-state index contributed by atoms with van der Waals surface area (Å²) in [6.07, 6.45) is 11.1. The molecular formula is C54H41FIrN5O. The van der Waals surface area contributed by atoms with Crippen molar-refractivity contribution in [3.05, 3.63) is 216 Å². The van der Waals surface area contributed by atoms with E-state index in [9.17, 15) is 4.39 Å². The fourth-order valence-electron chi connectivity index (χ4n) is 7.50. The summed E-state index contributed by atoms with van der Waals surface area (Å²) in [5.41, 5.74) is 14.4. The molecule has 8 heteroatoms. The van der Waals surface area contributed by atoms with Crippen LogP contribution in [0.1, 0.15) is 27.9 Å². The molecule has 5 heterocycles. The van der Waals surface area contributed by atoms with E-state index < -0.39 is 0 Å². The van der Waals surface area contributed by atoms with Gasteiger partial charge in [0.2, 0.25) is 5.71 Å². The Balaban J connectivity index is 0.000000210. The molecule has 5 aromatic carbocycles. The number of benzene rings is 5. The second-order valence-electron chi connectivity index (χ2n) is 15.1. The molecule has 304 valence electrons. The van der Waals surface area contributed by atoms with E-state index in [0.717, 1.165) is 81.6 Å². The van der Waals surface area contributed by atoms with Gasteiger partial charge in [-0.2, -0.15) is 0 Å². The van der Waals surface area contributed by atoms with Crippen molar-refractivity contribution >= 4 is 22.1 Å². The van der Waals surface area contributed by atoms with Crippen molar-refractivity contribution in [3.8, 4) is 45.0 Å². The number of rotatable bonds is 10. The van der Waals surface area contributed by atoms with Gasteiger partial charge in [-0.1, -0.05) is 90.2 Å². The Labute approximate surface area is 374 Å². The molecule has 0 unspecified atom stereocenters. The fraction of sp³-hybridized carbons (Fsp3) is 0.111. The Morgan fingerprint density at radius 1 is 0.613 bits per heavy atom. The summed E-state index contributed by atoms with van der Waals surface area (Å²) in [7, 11) is 1.96. The van der Waals surface area contributed by atoms with Gasteiger partial charge in [0, 0.05) is 48.7 Å². The smallest absolute Gasteiger partial charge is 0.486 e. The summed E-state index contributed by atoms with van der Waals surface area (Å²) in [5, 5.41) is 2.07. The summed E-state index contributed by atoms with van der Waals surface area (Å²) >= 11 is 0. The molecule has 62 heavy (non-hydrogen) atoms. The fourth-order valence-corrected chi connectivity index (χ4v) is 7.50. The zero-order valence-electron chi connectivity index (χ0n) is 34.3. The van der Waals surface area contributed by atoms with Crippen LogP contribution in [-0.4, -0.2) is 24.5 Å². The third-order valence-corrected chi connectivity index (χ3v) is 10.7. The van der Waals surface area contributed by atoms with Crippen LogP contribution in [0.5, 0.6) is 0 Å². The first-order valence-corrected chi connectivity index (χ1v) is 20.3. The predicted octanol–water partition coefficient (Wildman–Crippen LogP) is 12.3. The SMILES string of the molecule is Cc1ccc2c(n1)oc1c(-c3nccn3C)[c-]ccc12.Fc1c[c-]c(-c2ccc(CCc3cc(CCc4c[c-]c(-c5ccccn5)cc4)cc(-c4ccccc4)c3)cn2)cc1.[Ir+3]. The zero-order valence-corrected chi connectivity index (χ0v) is 36.7. The first-order valence-electron chi connectivity index (χ1n) is 20.3. The van der Waals surface area contributed by atoms with Crippen LogP contribution in [0.25, 0.3) is 67.1 Å². The van der Waals surface area contributed by atoms with E-state index in [-0.39, 0.29) is 25.9 Å². The predicted molar refractivity (Wildman–Crippen MR) is 241 cm³/mol. The van der Waals surface area contributed by atoms with Crippen LogP contribution >= 0.6 is 0 Å². The molecule has 0 aliphatic heterocycles. The first kappa shape index (κ1) is 41.9. The topological polar surface area (TPSA) is 69.6 Å². The summed E-state index contributed by atoms with van der Waals surface area (Å²) in [5.74, 6) is 0.547. The van der Waals surface area contributed by atoms with E-state index >= 15 is 0 Å². The summed E-state index contributed by atoms with van der Waals surface area (Å²) < 4.78 is 21.1. The third-order valence-electron chi connectivity index (χ3n) is 10.7. The van der Waals surface area contributed by atoms with E-state index in [0.29, 0.717) is 5.71 Å². The summed E-state index contributed by atoms with van der Waals surface area (Å²) in [6.45, 7) is 1.96. The van der Waals surface area contributed by atoms with Crippen LogP contribution in [0.4, 0.5) is 4.39 Å². The van der Waals surface area contributed by atoms with Crippen LogP contribution < -0.4 is 0 Å². The third kappa shape index (κ3) is 9.68. The van der Waals surface area contributed by atoms with Gasteiger partial charge < -0.3 is 19.0 Å². The molecular weight excluding hydrogens is 946 g/mol. The van der Waals surface area contributed by atoms with Gasteiger partial charge in [0.1, 0.15) is 0 Å². The number of aromatic nitrogens is 5. The molecule has 0 amide bonds. The molecule has 0 N–H and O–H groups in total. The average Bonchev–Trinajstić information content (AvgIpc) is 3.91. The van der Waals surface area contributed by atoms with E-state index in [2.05, 4.69) is 111 Å². The standard InChI is InChI=1S/C38H29FN2.C16H12N3O.Ir/c39-36-20-18-34(19-21-36)38-22-15-29(27-41-38)10-12-31-24-30(25-35(26-31)32-6-2-1-3-7-32)11-9-28-13-16-33(17-14-28)37-8-4-5-23-40-37;1-10-6-7-12-11-4-3-5-13(14(11)20-16(12)18-10)15-17-8-9-19(15)2;/h1-8,13-16,18,20-27H,9-12H2;3-4,6-9H,1-2H3;/q-2;-1;+3. The summed E-state index contributed by atoms with van der Waals surface area (Å²) in [6, 6.07) is 56.0. The zero-order chi connectivity index (χ0) is 41.5. The van der Waals surface area contributed by atoms with Gasteiger partial charge in [0.05, 0.1) is 11.4 Å². The monoisotopic (exact) mass is 987 g/mol. The van der Waals surface area contributed by atoms with Crippen molar-refractivity contribution in [1.29, 1.82) is 0 Å². The maximum absolute atomic E-state index is 13.2. The molecule has 0 aliphatic carbocycles. The molecule has 5 aromatic heterocycles. The van der Waals surface area contributed by atoms with Crippen molar-refractivity contribution < 1.29 is 28.9 Å². The minimum atomic E-state index is -0.292. The number of hydrogen-bond acceptors (Lipinski definition) is 5. The number of nitrogens with zero attached hydrogens (tertiary/aromatic N) is 5. The van der Waals surface area contributed by atoms with Crippen LogP contribution in [0.15, 0.2) is 169 Å². The Kier molecular flexibility index (Phi) is 13.0. The van der Waals surface area contributed by atoms with E-state index in [1.54, 1.807) is 12.3 Å². The van der Waals surface area contributed by atoms with Gasteiger partial charge in [0.25, 0.3) is 0 Å². The number of halogens is 1. The van der Waals surface area contributed by atoms with Gasteiger partial charge in [0.15, 0.2) is 0 Å². The molecule has 0 saturated carbocycles. The maximum Gasteiger partial charge on any atom is 3.00 e. The molecule has 10 aromatic rings. The molecule has 0 saturated heterocycles. The molecule has 10 rings (SSSR count). The molecule has 0 atom stereocenters. The van der Waals surface area contributed by atoms with Gasteiger partial charge in [-0.05, 0) is 83.6 Å². The maximum atomic E-state index is 13.2. The number of pyridine rings is 3.